The first-order valence-electron chi connectivity index (χ1n) is 7.92. The summed E-state index contributed by atoms with van der Waals surface area (Å²) in [6, 6.07) is 5.92. The third-order valence-electron chi connectivity index (χ3n) is 3.88. The van der Waals surface area contributed by atoms with Crippen LogP contribution in [-0.4, -0.2) is 17.9 Å². The first kappa shape index (κ1) is 23.0. The molecule has 0 spiro atoms. The fraction of sp³-hybridized carbons (Fsp3) is 0.222. The molecule has 0 aliphatic rings. The largest absolute Gasteiger partial charge is 0.416 e. The second kappa shape index (κ2) is 8.59. The third-order valence-corrected chi connectivity index (χ3v) is 4.93. The number of halogens is 7. The lowest BCUT2D eigenvalue weighted by atomic mass is 10.0. The minimum Gasteiger partial charge on any atom is -0.368 e. The Bertz CT molecular complexity index is 895. The molecule has 0 saturated carbocycles. The molecular weight excluding hydrogens is 517 g/mol. The van der Waals surface area contributed by atoms with Gasteiger partial charge in [0.25, 0.3) is 5.91 Å². The summed E-state index contributed by atoms with van der Waals surface area (Å²) in [5.74, 6) is -2.27. The molecule has 0 aliphatic heterocycles. The topological polar surface area (TPSA) is 72.2 Å². The molecule has 156 valence electrons. The van der Waals surface area contributed by atoms with Gasteiger partial charge in [-0.3, -0.25) is 9.59 Å². The number of benzene rings is 2. The molecule has 0 aromatic heterocycles. The van der Waals surface area contributed by atoms with Gasteiger partial charge in [-0.2, -0.15) is 26.3 Å². The zero-order valence-electron chi connectivity index (χ0n) is 14.4. The Labute approximate surface area is 174 Å². The van der Waals surface area contributed by atoms with Crippen LogP contribution in [0.25, 0.3) is 0 Å². The van der Waals surface area contributed by atoms with Crippen LogP contribution >= 0.6 is 22.6 Å². The molecule has 0 bridgehead atoms. The lowest BCUT2D eigenvalue weighted by Gasteiger charge is -2.18. The number of nitrogens with two attached hydrogens (primary N) is 1. The van der Waals surface area contributed by atoms with E-state index in [2.05, 4.69) is 5.32 Å². The molecule has 0 saturated heterocycles. The van der Waals surface area contributed by atoms with E-state index in [-0.39, 0.29) is 24.6 Å². The van der Waals surface area contributed by atoms with Crippen molar-refractivity contribution < 1.29 is 35.9 Å². The predicted octanol–water partition coefficient (Wildman–Crippen LogP) is 4.16. The highest BCUT2D eigenvalue weighted by molar-refractivity contribution is 14.1. The summed E-state index contributed by atoms with van der Waals surface area (Å²) >= 11 is 1.97. The predicted molar refractivity (Wildman–Crippen MR) is 99.8 cm³/mol. The zero-order valence-corrected chi connectivity index (χ0v) is 16.5. The standard InChI is InChI=1S/C18H13F6IN2O2/c19-17(20,21)11-5-10(6-12(8-11)18(22,23)24)16(29)27-14(15(26)28)7-9-3-1-2-4-13(9)25/h1-6,8,14H,7H2,(H2,26,28)(H,27,29)/t14-/m1/s1. The molecule has 0 aliphatic carbocycles. The summed E-state index contributed by atoms with van der Waals surface area (Å²) in [7, 11) is 0. The highest BCUT2D eigenvalue weighted by atomic mass is 127. The maximum absolute atomic E-state index is 12.9. The number of hydrogen-bond donors (Lipinski definition) is 2. The SMILES string of the molecule is NC(=O)[C@@H](Cc1ccccc1I)NC(=O)c1cc(C(F)(F)F)cc(C(F)(F)F)c1. The maximum atomic E-state index is 12.9. The summed E-state index contributed by atoms with van der Waals surface area (Å²) < 4.78 is 78.4. The third kappa shape index (κ3) is 6.08. The summed E-state index contributed by atoms with van der Waals surface area (Å²) in [5, 5.41) is 2.11. The van der Waals surface area contributed by atoms with Crippen LogP contribution in [0.5, 0.6) is 0 Å². The fourth-order valence-electron chi connectivity index (χ4n) is 2.43. The Morgan fingerprint density at radius 1 is 0.966 bits per heavy atom. The van der Waals surface area contributed by atoms with E-state index in [1.54, 1.807) is 24.3 Å². The van der Waals surface area contributed by atoms with Crippen LogP contribution < -0.4 is 11.1 Å². The molecule has 11 heteroatoms. The van der Waals surface area contributed by atoms with Crippen LogP contribution in [0.15, 0.2) is 42.5 Å². The fourth-order valence-corrected chi connectivity index (χ4v) is 3.04. The van der Waals surface area contributed by atoms with E-state index in [4.69, 9.17) is 5.73 Å². The molecular formula is C18H13F6IN2O2. The highest BCUT2D eigenvalue weighted by Gasteiger charge is 2.37. The molecule has 1 atom stereocenters. The zero-order chi connectivity index (χ0) is 22.0. The van der Waals surface area contributed by atoms with E-state index >= 15 is 0 Å². The molecule has 2 amide bonds. The molecule has 3 N–H and O–H groups in total. The number of carbonyl (C=O) groups is 2. The van der Waals surface area contributed by atoms with Gasteiger partial charge in [-0.05, 0) is 52.4 Å². The van der Waals surface area contributed by atoms with Crippen molar-refractivity contribution >= 4 is 34.4 Å². The van der Waals surface area contributed by atoms with Gasteiger partial charge in [0.05, 0.1) is 11.1 Å². The summed E-state index contributed by atoms with van der Waals surface area (Å²) in [5.41, 5.74) is 1.71. The monoisotopic (exact) mass is 530 g/mol. The summed E-state index contributed by atoms with van der Waals surface area (Å²) in [6.07, 6.45) is -10.3. The Hall–Kier alpha value is -2.31. The number of carbonyl (C=O) groups excluding carboxylic acids is 2. The van der Waals surface area contributed by atoms with Crippen LogP contribution in [0.1, 0.15) is 27.0 Å². The molecule has 0 unspecified atom stereocenters. The van der Waals surface area contributed by atoms with Crippen molar-refractivity contribution in [2.45, 2.75) is 24.8 Å². The van der Waals surface area contributed by atoms with Gasteiger partial charge in [0.1, 0.15) is 6.04 Å². The highest BCUT2D eigenvalue weighted by Crippen LogP contribution is 2.36. The summed E-state index contributed by atoms with van der Waals surface area (Å²) in [4.78, 5) is 24.0. The molecule has 2 aromatic rings. The molecule has 2 rings (SSSR count). The molecule has 29 heavy (non-hydrogen) atoms. The van der Waals surface area contributed by atoms with Gasteiger partial charge in [-0.1, -0.05) is 18.2 Å². The van der Waals surface area contributed by atoms with Gasteiger partial charge in [0.15, 0.2) is 0 Å². The molecule has 0 fully saturated rings. The maximum Gasteiger partial charge on any atom is 0.416 e. The van der Waals surface area contributed by atoms with Crippen molar-refractivity contribution in [2.24, 2.45) is 5.73 Å². The first-order valence-corrected chi connectivity index (χ1v) is 9.00. The lowest BCUT2D eigenvalue weighted by molar-refractivity contribution is -0.143. The van der Waals surface area contributed by atoms with Crippen molar-refractivity contribution in [3.63, 3.8) is 0 Å². The average molecular weight is 530 g/mol. The first-order chi connectivity index (χ1) is 13.3. The van der Waals surface area contributed by atoms with Crippen LogP contribution in [0, 0.1) is 3.57 Å². The number of hydrogen-bond acceptors (Lipinski definition) is 2. The Morgan fingerprint density at radius 2 is 1.48 bits per heavy atom. The molecule has 2 aromatic carbocycles. The Morgan fingerprint density at radius 3 is 1.93 bits per heavy atom. The number of alkyl halides is 6. The van der Waals surface area contributed by atoms with Gasteiger partial charge >= 0.3 is 12.4 Å². The minimum atomic E-state index is -5.10. The lowest BCUT2D eigenvalue weighted by Crippen LogP contribution is -2.46. The number of rotatable bonds is 5. The Balaban J connectivity index is 2.36. The van der Waals surface area contributed by atoms with Crippen LogP contribution in [0.4, 0.5) is 26.3 Å². The van der Waals surface area contributed by atoms with E-state index in [0.717, 1.165) is 3.57 Å². The van der Waals surface area contributed by atoms with Gasteiger partial charge in [0.2, 0.25) is 5.91 Å². The molecule has 0 radical (unpaired) electrons. The van der Waals surface area contributed by atoms with Crippen molar-refractivity contribution in [1.82, 2.24) is 5.32 Å². The molecule has 0 heterocycles. The van der Waals surface area contributed by atoms with Crippen LogP contribution in [0.3, 0.4) is 0 Å². The van der Waals surface area contributed by atoms with E-state index in [1.807, 2.05) is 22.6 Å². The Kier molecular flexibility index (Phi) is 6.81. The van der Waals surface area contributed by atoms with Gasteiger partial charge in [0, 0.05) is 15.6 Å². The number of nitrogens with one attached hydrogen (secondary N) is 1. The normalized spacial score (nSPS) is 13.1. The van der Waals surface area contributed by atoms with Crippen LogP contribution in [0.2, 0.25) is 0 Å². The minimum absolute atomic E-state index is 0.0781. The van der Waals surface area contributed by atoms with Gasteiger partial charge in [-0.25, -0.2) is 0 Å². The van der Waals surface area contributed by atoms with Crippen LogP contribution in [-0.2, 0) is 23.6 Å². The van der Waals surface area contributed by atoms with E-state index < -0.39 is 46.9 Å². The van der Waals surface area contributed by atoms with Gasteiger partial charge < -0.3 is 11.1 Å². The van der Waals surface area contributed by atoms with Crippen molar-refractivity contribution in [3.05, 3.63) is 68.3 Å². The van der Waals surface area contributed by atoms with Crippen molar-refractivity contribution in [2.75, 3.05) is 0 Å². The molecule has 4 nitrogen and oxygen atoms in total. The van der Waals surface area contributed by atoms with Crippen molar-refractivity contribution in [1.29, 1.82) is 0 Å². The number of amides is 2. The number of primary amides is 1. The van der Waals surface area contributed by atoms with Gasteiger partial charge in [-0.15, -0.1) is 0 Å². The second-order valence-corrected chi connectivity index (χ2v) is 7.18. The van der Waals surface area contributed by atoms with E-state index in [1.165, 1.54) is 0 Å². The van der Waals surface area contributed by atoms with Crippen molar-refractivity contribution in [3.8, 4) is 0 Å². The van der Waals surface area contributed by atoms with E-state index in [9.17, 15) is 35.9 Å². The second-order valence-electron chi connectivity index (χ2n) is 6.02. The average Bonchev–Trinajstić information content (AvgIpc) is 2.60. The quantitative estimate of drug-likeness (QED) is 0.451. The summed E-state index contributed by atoms with van der Waals surface area (Å²) in [6.45, 7) is 0. The van der Waals surface area contributed by atoms with E-state index in [0.29, 0.717) is 5.56 Å². The smallest absolute Gasteiger partial charge is 0.368 e.